The molecule has 1 heterocycles. The fourth-order valence-corrected chi connectivity index (χ4v) is 2.67. The van der Waals surface area contributed by atoms with Gasteiger partial charge in [-0.05, 0) is 48.9 Å². The van der Waals surface area contributed by atoms with Crippen LogP contribution in [0.5, 0.6) is 17.2 Å². The fourth-order valence-electron chi connectivity index (χ4n) is 2.67. The number of fused-ring (bicyclic) bond motifs is 1. The van der Waals surface area contributed by atoms with E-state index in [4.69, 9.17) is 18.9 Å². The van der Waals surface area contributed by atoms with Crippen molar-refractivity contribution in [1.82, 2.24) is 4.90 Å². The molecule has 0 saturated heterocycles. The van der Waals surface area contributed by atoms with E-state index in [0.717, 1.165) is 5.56 Å². The van der Waals surface area contributed by atoms with Crippen molar-refractivity contribution in [3.8, 4) is 17.2 Å². The Kier molecular flexibility index (Phi) is 5.80. The van der Waals surface area contributed by atoms with E-state index in [1.54, 1.807) is 36.3 Å². The predicted octanol–water partition coefficient (Wildman–Crippen LogP) is 2.63. The van der Waals surface area contributed by atoms with E-state index in [1.165, 1.54) is 0 Å². The molecule has 1 aliphatic heterocycles. The maximum Gasteiger partial charge on any atom is 0.338 e. The van der Waals surface area contributed by atoms with Crippen molar-refractivity contribution in [2.75, 3.05) is 27.1 Å². The van der Waals surface area contributed by atoms with Gasteiger partial charge in [-0.2, -0.15) is 0 Å². The van der Waals surface area contributed by atoms with Gasteiger partial charge in [-0.15, -0.1) is 0 Å². The zero-order valence-electron chi connectivity index (χ0n) is 15.3. The van der Waals surface area contributed by atoms with Gasteiger partial charge in [-0.3, -0.25) is 4.79 Å². The molecular formula is C20H21NO6. The average molecular weight is 371 g/mol. The van der Waals surface area contributed by atoms with Crippen molar-refractivity contribution in [3.63, 3.8) is 0 Å². The molecule has 0 unspecified atom stereocenters. The molecule has 0 radical (unpaired) electrons. The molecule has 0 spiro atoms. The number of amides is 1. The Hall–Kier alpha value is -3.22. The number of hydrogen-bond acceptors (Lipinski definition) is 6. The lowest BCUT2D eigenvalue weighted by atomic mass is 10.2. The number of rotatable bonds is 7. The summed E-state index contributed by atoms with van der Waals surface area (Å²) in [4.78, 5) is 26.1. The van der Waals surface area contributed by atoms with Crippen LogP contribution in [-0.2, 0) is 16.1 Å². The highest BCUT2D eigenvalue weighted by Gasteiger charge is 2.18. The SMILES string of the molecule is CCN(Cc1ccc2c(c1)OCO2)C(=O)COC(=O)c1ccc(OC)cc1. The first-order valence-corrected chi connectivity index (χ1v) is 8.58. The number of benzene rings is 2. The van der Waals surface area contributed by atoms with E-state index >= 15 is 0 Å². The Balaban J connectivity index is 1.55. The molecule has 3 rings (SSSR count). The second-order valence-electron chi connectivity index (χ2n) is 5.90. The molecule has 7 nitrogen and oxygen atoms in total. The second kappa shape index (κ2) is 8.44. The van der Waals surface area contributed by atoms with Gasteiger partial charge < -0.3 is 23.8 Å². The van der Waals surface area contributed by atoms with Crippen LogP contribution in [0.3, 0.4) is 0 Å². The molecule has 0 bridgehead atoms. The zero-order chi connectivity index (χ0) is 19.2. The molecule has 2 aromatic rings. The van der Waals surface area contributed by atoms with Crippen LogP contribution in [0.1, 0.15) is 22.8 Å². The first-order chi connectivity index (χ1) is 13.1. The number of esters is 1. The molecule has 0 aliphatic carbocycles. The van der Waals surface area contributed by atoms with Gasteiger partial charge in [0.05, 0.1) is 12.7 Å². The molecule has 0 atom stereocenters. The van der Waals surface area contributed by atoms with Gasteiger partial charge in [0.25, 0.3) is 5.91 Å². The summed E-state index contributed by atoms with van der Waals surface area (Å²) < 4.78 is 20.8. The van der Waals surface area contributed by atoms with Crippen LogP contribution in [-0.4, -0.2) is 43.8 Å². The summed E-state index contributed by atoms with van der Waals surface area (Å²) in [6.07, 6.45) is 0. The standard InChI is InChI=1S/C20H21NO6/c1-3-21(11-14-4-9-17-18(10-14)27-13-26-17)19(22)12-25-20(23)15-5-7-16(24-2)8-6-15/h4-10H,3,11-13H2,1-2H3. The van der Waals surface area contributed by atoms with Crippen molar-refractivity contribution in [2.24, 2.45) is 0 Å². The number of carbonyl (C=O) groups is 2. The van der Waals surface area contributed by atoms with E-state index in [0.29, 0.717) is 35.9 Å². The molecule has 27 heavy (non-hydrogen) atoms. The molecule has 1 amide bonds. The Bertz CT molecular complexity index is 818. The molecule has 0 aromatic heterocycles. The first kappa shape index (κ1) is 18.6. The third kappa shape index (κ3) is 4.49. The first-order valence-electron chi connectivity index (χ1n) is 8.58. The van der Waals surface area contributed by atoms with Gasteiger partial charge >= 0.3 is 5.97 Å². The van der Waals surface area contributed by atoms with Crippen LogP contribution in [0.4, 0.5) is 0 Å². The van der Waals surface area contributed by atoms with E-state index in [9.17, 15) is 9.59 Å². The topological polar surface area (TPSA) is 74.3 Å². The number of likely N-dealkylation sites (N-methyl/N-ethyl adjacent to an activating group) is 1. The third-order valence-corrected chi connectivity index (χ3v) is 4.20. The largest absolute Gasteiger partial charge is 0.497 e. The summed E-state index contributed by atoms with van der Waals surface area (Å²) in [7, 11) is 1.55. The van der Waals surface area contributed by atoms with Crippen LogP contribution < -0.4 is 14.2 Å². The Morgan fingerprint density at radius 2 is 1.81 bits per heavy atom. The summed E-state index contributed by atoms with van der Waals surface area (Å²) in [5.74, 6) is 1.19. The molecular weight excluding hydrogens is 350 g/mol. The minimum absolute atomic E-state index is 0.205. The Morgan fingerprint density at radius 3 is 2.52 bits per heavy atom. The van der Waals surface area contributed by atoms with Gasteiger partial charge in [0.2, 0.25) is 6.79 Å². The van der Waals surface area contributed by atoms with Gasteiger partial charge in [0.15, 0.2) is 18.1 Å². The molecule has 0 saturated carbocycles. The number of hydrogen-bond donors (Lipinski definition) is 0. The number of methoxy groups -OCH3 is 1. The van der Waals surface area contributed by atoms with E-state index in [1.807, 2.05) is 25.1 Å². The van der Waals surface area contributed by atoms with E-state index < -0.39 is 5.97 Å². The van der Waals surface area contributed by atoms with Gasteiger partial charge in [-0.1, -0.05) is 6.07 Å². The molecule has 0 fully saturated rings. The van der Waals surface area contributed by atoms with E-state index in [-0.39, 0.29) is 19.3 Å². The van der Waals surface area contributed by atoms with E-state index in [2.05, 4.69) is 0 Å². The summed E-state index contributed by atoms with van der Waals surface area (Å²) in [5, 5.41) is 0. The monoisotopic (exact) mass is 371 g/mol. The minimum atomic E-state index is -0.551. The minimum Gasteiger partial charge on any atom is -0.497 e. The third-order valence-electron chi connectivity index (χ3n) is 4.20. The summed E-state index contributed by atoms with van der Waals surface area (Å²) in [6, 6.07) is 12.1. The maximum absolute atomic E-state index is 12.4. The summed E-state index contributed by atoms with van der Waals surface area (Å²) in [5.41, 5.74) is 1.28. The molecule has 7 heteroatoms. The smallest absolute Gasteiger partial charge is 0.338 e. The van der Waals surface area contributed by atoms with Crippen molar-refractivity contribution in [3.05, 3.63) is 53.6 Å². The van der Waals surface area contributed by atoms with Crippen LogP contribution in [0, 0.1) is 0 Å². The van der Waals surface area contributed by atoms with Crippen LogP contribution in [0.15, 0.2) is 42.5 Å². The normalized spacial score (nSPS) is 11.8. The van der Waals surface area contributed by atoms with Gasteiger partial charge in [0.1, 0.15) is 5.75 Å². The van der Waals surface area contributed by atoms with Crippen molar-refractivity contribution >= 4 is 11.9 Å². The average Bonchev–Trinajstić information content (AvgIpc) is 3.17. The highest BCUT2D eigenvalue weighted by Crippen LogP contribution is 2.32. The van der Waals surface area contributed by atoms with Crippen LogP contribution in [0.25, 0.3) is 0 Å². The number of nitrogens with zero attached hydrogens (tertiary/aromatic N) is 1. The summed E-state index contributed by atoms with van der Waals surface area (Å²) >= 11 is 0. The molecule has 142 valence electrons. The lowest BCUT2D eigenvalue weighted by Crippen LogP contribution is -2.34. The lowest BCUT2D eigenvalue weighted by molar-refractivity contribution is -0.134. The maximum atomic E-state index is 12.4. The fraction of sp³-hybridized carbons (Fsp3) is 0.300. The quantitative estimate of drug-likeness (QED) is 0.697. The Labute approximate surface area is 157 Å². The highest BCUT2D eigenvalue weighted by atomic mass is 16.7. The number of carbonyl (C=O) groups excluding carboxylic acids is 2. The van der Waals surface area contributed by atoms with Crippen LogP contribution in [0.2, 0.25) is 0 Å². The molecule has 0 N–H and O–H groups in total. The predicted molar refractivity (Wildman–Crippen MR) is 96.9 cm³/mol. The van der Waals surface area contributed by atoms with Gasteiger partial charge in [0, 0.05) is 13.1 Å². The van der Waals surface area contributed by atoms with Crippen molar-refractivity contribution in [1.29, 1.82) is 0 Å². The van der Waals surface area contributed by atoms with Crippen molar-refractivity contribution in [2.45, 2.75) is 13.5 Å². The lowest BCUT2D eigenvalue weighted by Gasteiger charge is -2.21. The molecule has 1 aliphatic rings. The summed E-state index contributed by atoms with van der Waals surface area (Å²) in [6.45, 7) is 2.65. The zero-order valence-corrected chi connectivity index (χ0v) is 15.3. The van der Waals surface area contributed by atoms with Gasteiger partial charge in [-0.25, -0.2) is 4.79 Å². The van der Waals surface area contributed by atoms with Crippen LogP contribution >= 0.6 is 0 Å². The van der Waals surface area contributed by atoms with Crippen molar-refractivity contribution < 1.29 is 28.5 Å². The molecule has 2 aromatic carbocycles. The Morgan fingerprint density at radius 1 is 1.07 bits per heavy atom. The number of ether oxygens (including phenoxy) is 4. The second-order valence-corrected chi connectivity index (χ2v) is 5.90. The highest BCUT2D eigenvalue weighted by molar-refractivity contribution is 5.91.